The van der Waals surface area contributed by atoms with E-state index in [9.17, 15) is 4.79 Å². The summed E-state index contributed by atoms with van der Waals surface area (Å²) < 4.78 is 16.3. The van der Waals surface area contributed by atoms with Crippen LogP contribution in [0.2, 0.25) is 0 Å². The average molecular weight is 450 g/mol. The van der Waals surface area contributed by atoms with Gasteiger partial charge >= 0.3 is 0 Å². The Morgan fingerprint density at radius 3 is 2.52 bits per heavy atom. The molecule has 0 bridgehead atoms. The third kappa shape index (κ3) is 5.53. The van der Waals surface area contributed by atoms with Gasteiger partial charge in [-0.25, -0.2) is 0 Å². The molecule has 2 aromatic carbocycles. The van der Waals surface area contributed by atoms with Crippen molar-refractivity contribution in [1.82, 2.24) is 15.0 Å². The molecule has 1 aromatic heterocycles. The van der Waals surface area contributed by atoms with Gasteiger partial charge in [0, 0.05) is 36.6 Å². The molecule has 3 aromatic rings. The fourth-order valence-electron chi connectivity index (χ4n) is 3.84. The lowest BCUT2D eigenvalue weighted by molar-refractivity contribution is -0.132. The zero-order valence-electron chi connectivity index (χ0n) is 19.7. The first-order valence-corrected chi connectivity index (χ1v) is 11.4. The standard InChI is InChI=1S/C26H31N3O4/c1-17(2)18-5-7-19(8-6-18)26-27-24(33-28-26)13-14-25(30)29(21-9-10-21)16-20-15-22(31-3)11-12-23(20)32-4/h5-8,11-12,15,17,21H,9-10,13-14,16H2,1-4H3. The lowest BCUT2D eigenvalue weighted by Gasteiger charge is -2.23. The molecule has 0 aliphatic heterocycles. The summed E-state index contributed by atoms with van der Waals surface area (Å²) >= 11 is 0. The van der Waals surface area contributed by atoms with Gasteiger partial charge in [-0.15, -0.1) is 0 Å². The molecule has 0 saturated heterocycles. The van der Waals surface area contributed by atoms with Gasteiger partial charge in [-0.2, -0.15) is 4.98 Å². The molecule has 0 N–H and O–H groups in total. The second-order valence-electron chi connectivity index (χ2n) is 8.72. The van der Waals surface area contributed by atoms with E-state index < -0.39 is 0 Å². The normalized spacial score (nSPS) is 13.2. The molecule has 0 spiro atoms. The Balaban J connectivity index is 1.40. The van der Waals surface area contributed by atoms with E-state index in [1.807, 2.05) is 35.2 Å². The number of aromatic nitrogens is 2. The van der Waals surface area contributed by atoms with Gasteiger partial charge in [-0.3, -0.25) is 4.79 Å². The number of hydrogen-bond acceptors (Lipinski definition) is 6. The summed E-state index contributed by atoms with van der Waals surface area (Å²) in [6.07, 6.45) is 2.77. The number of aryl methyl sites for hydroxylation is 1. The Morgan fingerprint density at radius 1 is 1.12 bits per heavy atom. The monoisotopic (exact) mass is 449 g/mol. The van der Waals surface area contributed by atoms with Crippen molar-refractivity contribution in [2.45, 2.75) is 58.0 Å². The third-order valence-corrected chi connectivity index (χ3v) is 5.99. The van der Waals surface area contributed by atoms with E-state index >= 15 is 0 Å². The Labute approximate surface area is 194 Å². The lowest BCUT2D eigenvalue weighted by Crippen LogP contribution is -2.33. The van der Waals surface area contributed by atoms with Crippen LogP contribution in [0.4, 0.5) is 0 Å². The maximum Gasteiger partial charge on any atom is 0.227 e. The molecule has 0 atom stereocenters. The highest BCUT2D eigenvalue weighted by molar-refractivity contribution is 5.77. The van der Waals surface area contributed by atoms with Gasteiger partial charge in [-0.05, 0) is 42.5 Å². The van der Waals surface area contributed by atoms with Gasteiger partial charge in [0.1, 0.15) is 11.5 Å². The SMILES string of the molecule is COc1ccc(OC)c(CN(C(=O)CCc2nc(-c3ccc(C(C)C)cc3)no2)C2CC2)c1. The topological polar surface area (TPSA) is 77.7 Å². The molecule has 1 aliphatic carbocycles. The smallest absolute Gasteiger partial charge is 0.227 e. The highest BCUT2D eigenvalue weighted by atomic mass is 16.5. The van der Waals surface area contributed by atoms with Gasteiger partial charge in [0.15, 0.2) is 0 Å². The van der Waals surface area contributed by atoms with Crippen LogP contribution in [0.3, 0.4) is 0 Å². The van der Waals surface area contributed by atoms with E-state index in [1.165, 1.54) is 5.56 Å². The largest absolute Gasteiger partial charge is 0.497 e. The summed E-state index contributed by atoms with van der Waals surface area (Å²) in [4.78, 5) is 19.5. The number of amides is 1. The molecule has 174 valence electrons. The van der Waals surface area contributed by atoms with Crippen molar-refractivity contribution in [2.24, 2.45) is 0 Å². The minimum atomic E-state index is 0.0726. The quantitative estimate of drug-likeness (QED) is 0.433. The van der Waals surface area contributed by atoms with Crippen LogP contribution >= 0.6 is 0 Å². The van der Waals surface area contributed by atoms with E-state index in [1.54, 1.807) is 14.2 Å². The molecule has 0 radical (unpaired) electrons. The second kappa shape index (κ2) is 10.1. The number of hydrogen-bond donors (Lipinski definition) is 0. The van der Waals surface area contributed by atoms with Crippen LogP contribution in [0.25, 0.3) is 11.4 Å². The van der Waals surface area contributed by atoms with Gasteiger partial charge in [0.25, 0.3) is 0 Å². The van der Waals surface area contributed by atoms with E-state index in [0.717, 1.165) is 35.5 Å². The molecule has 7 heteroatoms. The molecule has 1 aliphatic rings. The van der Waals surface area contributed by atoms with Crippen molar-refractivity contribution in [3.63, 3.8) is 0 Å². The van der Waals surface area contributed by atoms with Crippen LogP contribution in [0.1, 0.15) is 56.0 Å². The summed E-state index contributed by atoms with van der Waals surface area (Å²) in [6.45, 7) is 4.81. The summed E-state index contributed by atoms with van der Waals surface area (Å²) in [5, 5.41) is 4.10. The van der Waals surface area contributed by atoms with Crippen LogP contribution in [0.5, 0.6) is 11.5 Å². The molecule has 4 rings (SSSR count). The number of carbonyl (C=O) groups excluding carboxylic acids is 1. The molecule has 33 heavy (non-hydrogen) atoms. The van der Waals surface area contributed by atoms with E-state index in [0.29, 0.717) is 37.0 Å². The van der Waals surface area contributed by atoms with E-state index in [4.69, 9.17) is 14.0 Å². The zero-order chi connectivity index (χ0) is 23.4. The summed E-state index contributed by atoms with van der Waals surface area (Å²) in [7, 11) is 3.27. The summed E-state index contributed by atoms with van der Waals surface area (Å²) in [5.41, 5.74) is 3.10. The van der Waals surface area contributed by atoms with Crippen molar-refractivity contribution >= 4 is 5.91 Å². The molecular formula is C26H31N3O4. The van der Waals surface area contributed by atoms with E-state index in [-0.39, 0.29) is 11.9 Å². The Kier molecular flexibility index (Phi) is 6.96. The molecule has 1 fully saturated rings. The first kappa shape index (κ1) is 22.8. The van der Waals surface area contributed by atoms with Crippen LogP contribution in [0.15, 0.2) is 47.0 Å². The molecular weight excluding hydrogens is 418 g/mol. The zero-order valence-corrected chi connectivity index (χ0v) is 19.7. The van der Waals surface area contributed by atoms with E-state index in [2.05, 4.69) is 36.1 Å². The van der Waals surface area contributed by atoms with Gasteiger partial charge < -0.3 is 18.9 Å². The fourth-order valence-corrected chi connectivity index (χ4v) is 3.84. The molecule has 1 heterocycles. The minimum Gasteiger partial charge on any atom is -0.497 e. The number of nitrogens with zero attached hydrogens (tertiary/aromatic N) is 3. The number of methoxy groups -OCH3 is 2. The van der Waals surface area contributed by atoms with Crippen LogP contribution in [0, 0.1) is 0 Å². The molecule has 1 saturated carbocycles. The molecule has 0 unspecified atom stereocenters. The number of carbonyl (C=O) groups is 1. The number of ether oxygens (including phenoxy) is 2. The fraction of sp³-hybridized carbons (Fsp3) is 0.423. The highest BCUT2D eigenvalue weighted by Crippen LogP contribution is 2.32. The third-order valence-electron chi connectivity index (χ3n) is 5.99. The summed E-state index contributed by atoms with van der Waals surface area (Å²) in [5.74, 6) is 3.06. The highest BCUT2D eigenvalue weighted by Gasteiger charge is 2.33. The predicted octanol–water partition coefficient (Wildman–Crippen LogP) is 5.00. The van der Waals surface area contributed by atoms with Gasteiger partial charge in [-0.1, -0.05) is 43.3 Å². The first-order chi connectivity index (χ1) is 16.0. The lowest BCUT2D eigenvalue weighted by atomic mass is 10.0. The number of rotatable bonds is 10. The van der Waals surface area contributed by atoms with Gasteiger partial charge in [0.2, 0.25) is 17.6 Å². The van der Waals surface area contributed by atoms with Gasteiger partial charge in [0.05, 0.1) is 14.2 Å². The summed E-state index contributed by atoms with van der Waals surface area (Å²) in [6, 6.07) is 14.1. The Hall–Kier alpha value is -3.35. The van der Waals surface area contributed by atoms with Crippen LogP contribution in [-0.4, -0.2) is 41.2 Å². The molecule has 7 nitrogen and oxygen atoms in total. The van der Waals surface area contributed by atoms with Crippen LogP contribution in [-0.2, 0) is 17.8 Å². The van der Waals surface area contributed by atoms with Crippen molar-refractivity contribution in [2.75, 3.05) is 14.2 Å². The second-order valence-corrected chi connectivity index (χ2v) is 8.72. The first-order valence-electron chi connectivity index (χ1n) is 11.4. The van der Waals surface area contributed by atoms with Crippen molar-refractivity contribution in [3.05, 3.63) is 59.5 Å². The molecule has 1 amide bonds. The van der Waals surface area contributed by atoms with Crippen molar-refractivity contribution < 1.29 is 18.8 Å². The maximum absolute atomic E-state index is 13.1. The van der Waals surface area contributed by atoms with Crippen molar-refractivity contribution in [1.29, 1.82) is 0 Å². The van der Waals surface area contributed by atoms with Crippen molar-refractivity contribution in [3.8, 4) is 22.9 Å². The average Bonchev–Trinajstić information content (AvgIpc) is 3.57. The Bertz CT molecular complexity index is 1090. The minimum absolute atomic E-state index is 0.0726. The Morgan fingerprint density at radius 2 is 1.88 bits per heavy atom. The maximum atomic E-state index is 13.1. The predicted molar refractivity (Wildman–Crippen MR) is 125 cm³/mol. The number of benzene rings is 2. The van der Waals surface area contributed by atoms with Crippen LogP contribution < -0.4 is 9.47 Å².